The van der Waals surface area contributed by atoms with Gasteiger partial charge in [0.15, 0.2) is 6.61 Å². The van der Waals surface area contributed by atoms with Crippen LogP contribution in [0.25, 0.3) is 0 Å². The first-order valence-corrected chi connectivity index (χ1v) is 9.05. The summed E-state index contributed by atoms with van der Waals surface area (Å²) in [5.74, 6) is -0.244. The molecule has 2 aromatic carbocycles. The second kappa shape index (κ2) is 9.09. The minimum atomic E-state index is -0.479. The predicted molar refractivity (Wildman–Crippen MR) is 106 cm³/mol. The molecule has 1 fully saturated rings. The summed E-state index contributed by atoms with van der Waals surface area (Å²) < 4.78 is 15.1. The molecule has 2 amide bonds. The Bertz CT molecular complexity index is 896. The van der Waals surface area contributed by atoms with Gasteiger partial charge in [0.1, 0.15) is 11.5 Å². The molecule has 1 unspecified atom stereocenters. The Balaban J connectivity index is 1.60. The van der Waals surface area contributed by atoms with E-state index in [-0.39, 0.29) is 31.4 Å². The number of carbonyl (C=O) groups is 3. The lowest BCUT2D eigenvalue weighted by atomic mass is 10.1. The highest BCUT2D eigenvalue weighted by molar-refractivity contribution is 6.04. The van der Waals surface area contributed by atoms with Crippen molar-refractivity contribution in [3.8, 4) is 11.5 Å². The second-order valence-corrected chi connectivity index (χ2v) is 6.46. The lowest BCUT2D eigenvalue weighted by Gasteiger charge is -2.19. The van der Waals surface area contributed by atoms with E-state index in [0.29, 0.717) is 22.9 Å². The number of methoxy groups -OCH3 is 2. The number of hydrogen-bond acceptors (Lipinski definition) is 6. The topological polar surface area (TPSA) is 94.2 Å². The van der Waals surface area contributed by atoms with Crippen LogP contribution in [0.3, 0.4) is 0 Å². The van der Waals surface area contributed by atoms with E-state index in [1.165, 1.54) is 7.11 Å². The van der Waals surface area contributed by atoms with Gasteiger partial charge in [-0.1, -0.05) is 12.1 Å². The second-order valence-electron chi connectivity index (χ2n) is 6.46. The summed E-state index contributed by atoms with van der Waals surface area (Å²) in [6.07, 6.45) is 0.129. The maximum Gasteiger partial charge on any atom is 0.343 e. The number of hydrogen-bond donors (Lipinski definition) is 1. The molecule has 1 aliphatic rings. The fourth-order valence-corrected chi connectivity index (χ4v) is 3.05. The number of esters is 1. The van der Waals surface area contributed by atoms with Crippen molar-refractivity contribution in [3.05, 3.63) is 48.5 Å². The van der Waals surface area contributed by atoms with Crippen molar-refractivity contribution >= 4 is 29.2 Å². The third kappa shape index (κ3) is 4.84. The van der Waals surface area contributed by atoms with Crippen molar-refractivity contribution in [2.45, 2.75) is 6.42 Å². The third-order valence-electron chi connectivity index (χ3n) is 4.58. The number of anilines is 2. The lowest BCUT2D eigenvalue weighted by Crippen LogP contribution is -2.28. The van der Waals surface area contributed by atoms with Crippen LogP contribution in [0.15, 0.2) is 48.5 Å². The van der Waals surface area contributed by atoms with E-state index >= 15 is 0 Å². The summed E-state index contributed by atoms with van der Waals surface area (Å²) in [7, 11) is 2.83. The number of ether oxygens (including phenoxy) is 3. The molecule has 0 aliphatic carbocycles. The Morgan fingerprint density at radius 1 is 1.10 bits per heavy atom. The standard InChI is InChI=1S/C21H22N2O6/c1-27-18-6-4-3-5-17(18)23-12-14(11-19(23)24)21(26)22-15-7-9-16(10-8-15)29-13-20(25)28-2/h3-10,14H,11-13H2,1-2H3,(H,22,26). The van der Waals surface area contributed by atoms with Crippen LogP contribution >= 0.6 is 0 Å². The van der Waals surface area contributed by atoms with Gasteiger partial charge in [-0.2, -0.15) is 0 Å². The predicted octanol–water partition coefficient (Wildman–Crippen LogP) is 2.24. The van der Waals surface area contributed by atoms with Gasteiger partial charge in [-0.3, -0.25) is 9.59 Å². The van der Waals surface area contributed by atoms with E-state index in [1.807, 2.05) is 12.1 Å². The van der Waals surface area contributed by atoms with Crippen molar-refractivity contribution in [1.82, 2.24) is 0 Å². The lowest BCUT2D eigenvalue weighted by molar-refractivity contribution is -0.142. The van der Waals surface area contributed by atoms with Crippen molar-refractivity contribution in [3.63, 3.8) is 0 Å². The minimum Gasteiger partial charge on any atom is -0.495 e. The fraction of sp³-hybridized carbons (Fsp3) is 0.286. The number of nitrogens with zero attached hydrogens (tertiary/aromatic N) is 1. The maximum atomic E-state index is 12.6. The number of nitrogens with one attached hydrogen (secondary N) is 1. The molecule has 152 valence electrons. The largest absolute Gasteiger partial charge is 0.495 e. The highest BCUT2D eigenvalue weighted by atomic mass is 16.6. The van der Waals surface area contributed by atoms with Gasteiger partial charge in [0, 0.05) is 18.7 Å². The summed E-state index contributed by atoms with van der Waals surface area (Å²) in [6.45, 7) is 0.0938. The van der Waals surface area contributed by atoms with E-state index in [2.05, 4.69) is 10.1 Å². The Morgan fingerprint density at radius 2 is 1.83 bits per heavy atom. The van der Waals surface area contributed by atoms with Gasteiger partial charge in [0.05, 0.1) is 25.8 Å². The molecule has 3 rings (SSSR count). The van der Waals surface area contributed by atoms with Gasteiger partial charge in [-0.25, -0.2) is 4.79 Å². The number of amides is 2. The Hall–Kier alpha value is -3.55. The van der Waals surface area contributed by atoms with Gasteiger partial charge < -0.3 is 24.4 Å². The molecule has 1 atom stereocenters. The van der Waals surface area contributed by atoms with E-state index in [9.17, 15) is 14.4 Å². The first-order chi connectivity index (χ1) is 14.0. The summed E-state index contributed by atoms with van der Waals surface area (Å²) in [4.78, 5) is 37.7. The molecule has 1 saturated heterocycles. The van der Waals surface area contributed by atoms with Crippen molar-refractivity contribution in [2.24, 2.45) is 5.92 Å². The molecule has 8 nitrogen and oxygen atoms in total. The number of carbonyl (C=O) groups excluding carboxylic acids is 3. The van der Waals surface area contributed by atoms with Crippen molar-refractivity contribution in [2.75, 3.05) is 37.6 Å². The average molecular weight is 398 g/mol. The van der Waals surface area contributed by atoms with E-state index < -0.39 is 11.9 Å². The van der Waals surface area contributed by atoms with Crippen molar-refractivity contribution in [1.29, 1.82) is 0 Å². The van der Waals surface area contributed by atoms with Crippen LogP contribution in [0, 0.1) is 5.92 Å². The number of para-hydroxylation sites is 2. The molecule has 0 radical (unpaired) electrons. The number of rotatable bonds is 7. The Labute approximate surface area is 168 Å². The fourth-order valence-electron chi connectivity index (χ4n) is 3.05. The van der Waals surface area contributed by atoms with E-state index in [1.54, 1.807) is 48.4 Å². The van der Waals surface area contributed by atoms with Crippen LogP contribution in [0.4, 0.5) is 11.4 Å². The molecule has 8 heteroatoms. The maximum absolute atomic E-state index is 12.6. The quantitative estimate of drug-likeness (QED) is 0.719. The molecule has 1 N–H and O–H groups in total. The first kappa shape index (κ1) is 20.2. The molecule has 0 saturated carbocycles. The number of benzene rings is 2. The monoisotopic (exact) mass is 398 g/mol. The molecule has 0 spiro atoms. The molecule has 0 bridgehead atoms. The molecule has 1 aliphatic heterocycles. The molecule has 29 heavy (non-hydrogen) atoms. The normalized spacial score (nSPS) is 15.7. The summed E-state index contributed by atoms with van der Waals surface area (Å²) >= 11 is 0. The van der Waals surface area contributed by atoms with Crippen LogP contribution in [0.5, 0.6) is 11.5 Å². The van der Waals surface area contributed by atoms with Crippen LogP contribution < -0.4 is 19.7 Å². The third-order valence-corrected chi connectivity index (χ3v) is 4.58. The van der Waals surface area contributed by atoms with Gasteiger partial charge in [0.2, 0.25) is 11.8 Å². The molecular formula is C21H22N2O6. The van der Waals surface area contributed by atoms with Gasteiger partial charge in [-0.05, 0) is 36.4 Å². The van der Waals surface area contributed by atoms with Crippen LogP contribution in [0.2, 0.25) is 0 Å². The highest BCUT2D eigenvalue weighted by Crippen LogP contribution is 2.33. The van der Waals surface area contributed by atoms with Gasteiger partial charge >= 0.3 is 5.97 Å². The molecular weight excluding hydrogens is 376 g/mol. The zero-order valence-electron chi connectivity index (χ0n) is 16.2. The smallest absolute Gasteiger partial charge is 0.343 e. The van der Waals surface area contributed by atoms with Crippen LogP contribution in [-0.2, 0) is 19.1 Å². The van der Waals surface area contributed by atoms with Gasteiger partial charge in [-0.15, -0.1) is 0 Å². The molecule has 2 aromatic rings. The Morgan fingerprint density at radius 3 is 2.52 bits per heavy atom. The Kier molecular flexibility index (Phi) is 6.33. The summed E-state index contributed by atoms with van der Waals surface area (Å²) in [5, 5.41) is 2.81. The van der Waals surface area contributed by atoms with Crippen LogP contribution in [0.1, 0.15) is 6.42 Å². The average Bonchev–Trinajstić information content (AvgIpc) is 3.14. The van der Waals surface area contributed by atoms with Crippen molar-refractivity contribution < 1.29 is 28.6 Å². The highest BCUT2D eigenvalue weighted by Gasteiger charge is 2.36. The van der Waals surface area contributed by atoms with Gasteiger partial charge in [0.25, 0.3) is 0 Å². The zero-order valence-corrected chi connectivity index (χ0v) is 16.2. The first-order valence-electron chi connectivity index (χ1n) is 9.05. The molecule has 1 heterocycles. The van der Waals surface area contributed by atoms with E-state index in [4.69, 9.17) is 9.47 Å². The zero-order chi connectivity index (χ0) is 20.8. The SMILES string of the molecule is COC(=O)COc1ccc(NC(=O)C2CC(=O)N(c3ccccc3OC)C2)cc1. The summed E-state index contributed by atoms with van der Waals surface area (Å²) in [5.41, 5.74) is 1.23. The van der Waals surface area contributed by atoms with E-state index in [0.717, 1.165) is 0 Å². The molecule has 0 aromatic heterocycles. The summed E-state index contributed by atoms with van der Waals surface area (Å²) in [6, 6.07) is 13.8. The minimum absolute atomic E-state index is 0.124. The van der Waals surface area contributed by atoms with Crippen LogP contribution in [-0.4, -0.2) is 45.2 Å².